The Kier molecular flexibility index (Phi) is 7.19. The molecule has 1 fully saturated rings. The second-order valence-corrected chi connectivity index (χ2v) is 10.1. The molecule has 2 N–H and O–H groups in total. The van der Waals surface area contributed by atoms with Gasteiger partial charge in [0, 0.05) is 43.3 Å². The maximum absolute atomic E-state index is 5.31. The molecule has 0 saturated heterocycles. The van der Waals surface area contributed by atoms with Crippen molar-refractivity contribution >= 4 is 17.5 Å². The molecule has 1 saturated carbocycles. The van der Waals surface area contributed by atoms with E-state index in [4.69, 9.17) is 14.7 Å². The fourth-order valence-electron chi connectivity index (χ4n) is 5.32. The molecule has 2 aliphatic rings. The summed E-state index contributed by atoms with van der Waals surface area (Å²) in [6.45, 7) is 7.18. The van der Waals surface area contributed by atoms with Crippen LogP contribution in [0.4, 0.5) is 17.5 Å². The molecule has 184 valence electrons. The quantitative estimate of drug-likeness (QED) is 0.435. The van der Waals surface area contributed by atoms with E-state index in [0.717, 1.165) is 55.0 Å². The highest BCUT2D eigenvalue weighted by atomic mass is 16.5. The van der Waals surface area contributed by atoms with Crippen LogP contribution in [0.15, 0.2) is 48.5 Å². The third-order valence-corrected chi connectivity index (χ3v) is 7.41. The maximum Gasteiger partial charge on any atom is 0.225 e. The lowest BCUT2D eigenvalue weighted by Gasteiger charge is -2.32. The first-order valence-corrected chi connectivity index (χ1v) is 12.9. The second kappa shape index (κ2) is 10.6. The summed E-state index contributed by atoms with van der Waals surface area (Å²) in [6, 6.07) is 17.3. The van der Waals surface area contributed by atoms with Crippen LogP contribution in [0, 0.1) is 12.8 Å². The number of hydrogen-bond acceptors (Lipinski definition) is 6. The molecule has 0 unspecified atom stereocenters. The van der Waals surface area contributed by atoms with Crippen LogP contribution in [0.1, 0.15) is 55.0 Å². The fraction of sp³-hybridized carbons (Fsp3) is 0.448. The number of anilines is 3. The van der Waals surface area contributed by atoms with Crippen molar-refractivity contribution in [1.29, 1.82) is 0 Å². The Morgan fingerprint density at radius 1 is 1.06 bits per heavy atom. The van der Waals surface area contributed by atoms with Crippen molar-refractivity contribution in [3.8, 4) is 5.75 Å². The minimum atomic E-state index is 0.448. The molecule has 0 amide bonds. The van der Waals surface area contributed by atoms with Gasteiger partial charge in [-0.1, -0.05) is 44.0 Å². The largest absolute Gasteiger partial charge is 0.497 e. The minimum Gasteiger partial charge on any atom is -0.497 e. The van der Waals surface area contributed by atoms with Crippen LogP contribution in [0.25, 0.3) is 0 Å². The first-order valence-electron chi connectivity index (χ1n) is 12.9. The van der Waals surface area contributed by atoms with Crippen LogP contribution in [0.3, 0.4) is 0 Å². The smallest absolute Gasteiger partial charge is 0.225 e. The van der Waals surface area contributed by atoms with E-state index < -0.39 is 0 Å². The number of nitrogens with one attached hydrogen (secondary N) is 2. The number of fused-ring (bicyclic) bond motifs is 1. The van der Waals surface area contributed by atoms with Crippen LogP contribution in [-0.2, 0) is 19.5 Å². The summed E-state index contributed by atoms with van der Waals surface area (Å²) in [7, 11) is 1.71. The monoisotopic (exact) mass is 471 g/mol. The van der Waals surface area contributed by atoms with Crippen molar-refractivity contribution in [2.45, 2.75) is 65.1 Å². The highest BCUT2D eigenvalue weighted by Crippen LogP contribution is 2.31. The van der Waals surface area contributed by atoms with Crippen molar-refractivity contribution in [2.75, 3.05) is 24.3 Å². The number of nitrogens with zero attached hydrogens (tertiary/aromatic N) is 3. The molecule has 5 rings (SSSR count). The Balaban J connectivity index is 1.40. The van der Waals surface area contributed by atoms with Gasteiger partial charge in [-0.15, -0.1) is 0 Å². The lowest BCUT2D eigenvalue weighted by molar-refractivity contribution is 0.243. The summed E-state index contributed by atoms with van der Waals surface area (Å²) < 4.78 is 5.31. The van der Waals surface area contributed by atoms with Gasteiger partial charge in [0.1, 0.15) is 11.6 Å². The topological polar surface area (TPSA) is 62.3 Å². The second-order valence-electron chi connectivity index (χ2n) is 10.1. The molecule has 35 heavy (non-hydrogen) atoms. The first-order chi connectivity index (χ1) is 17.1. The van der Waals surface area contributed by atoms with Crippen molar-refractivity contribution in [3.05, 3.63) is 70.9 Å². The Hall–Kier alpha value is -3.12. The van der Waals surface area contributed by atoms with Gasteiger partial charge in [-0.3, -0.25) is 4.90 Å². The lowest BCUT2D eigenvalue weighted by atomic mass is 9.86. The van der Waals surface area contributed by atoms with Crippen molar-refractivity contribution in [1.82, 2.24) is 14.9 Å². The standard InChI is InChI=1S/C29H37N5O/c1-20-7-6-9-23(17-20)30-28-25-19-34(18-22-11-13-24(35-3)14-12-22)16-15-27(25)32-29(33-28)31-26-10-5-4-8-21(26)2/h6-7,9,11-14,17,21,26H,4-5,8,10,15-16,18-19H2,1-3H3,(H2,30,31,32,33)/t21-,26+/m1/s1. The van der Waals surface area contributed by atoms with Gasteiger partial charge in [-0.2, -0.15) is 4.98 Å². The predicted molar refractivity (Wildman–Crippen MR) is 142 cm³/mol. The van der Waals surface area contributed by atoms with Crippen LogP contribution in [0.5, 0.6) is 5.75 Å². The van der Waals surface area contributed by atoms with E-state index in [1.807, 2.05) is 12.1 Å². The summed E-state index contributed by atoms with van der Waals surface area (Å²) in [5.74, 6) is 3.23. The van der Waals surface area contributed by atoms with Gasteiger partial charge in [-0.05, 0) is 61.1 Å². The van der Waals surface area contributed by atoms with Gasteiger partial charge in [0.15, 0.2) is 0 Å². The van der Waals surface area contributed by atoms with Gasteiger partial charge in [-0.25, -0.2) is 4.98 Å². The predicted octanol–water partition coefficient (Wildman–Crippen LogP) is 6.09. The highest BCUT2D eigenvalue weighted by Gasteiger charge is 2.26. The zero-order valence-electron chi connectivity index (χ0n) is 21.2. The third-order valence-electron chi connectivity index (χ3n) is 7.41. The van der Waals surface area contributed by atoms with Gasteiger partial charge >= 0.3 is 0 Å². The van der Waals surface area contributed by atoms with E-state index in [-0.39, 0.29) is 0 Å². The van der Waals surface area contributed by atoms with E-state index in [1.165, 1.54) is 42.4 Å². The summed E-state index contributed by atoms with van der Waals surface area (Å²) in [5, 5.41) is 7.32. The van der Waals surface area contributed by atoms with Gasteiger partial charge in [0.2, 0.25) is 5.95 Å². The van der Waals surface area contributed by atoms with Gasteiger partial charge in [0.05, 0.1) is 12.8 Å². The number of hydrogen-bond donors (Lipinski definition) is 2. The molecule has 1 aliphatic heterocycles. The average molecular weight is 472 g/mol. The number of rotatable bonds is 7. The summed E-state index contributed by atoms with van der Waals surface area (Å²) in [5.41, 5.74) is 5.94. The Labute approximate surface area is 209 Å². The molecule has 2 atom stereocenters. The molecule has 1 aliphatic carbocycles. The van der Waals surface area contributed by atoms with Crippen molar-refractivity contribution in [2.24, 2.45) is 5.92 Å². The van der Waals surface area contributed by atoms with E-state index in [0.29, 0.717) is 12.0 Å². The van der Waals surface area contributed by atoms with Gasteiger partial charge < -0.3 is 15.4 Å². The highest BCUT2D eigenvalue weighted by molar-refractivity contribution is 5.62. The Morgan fingerprint density at radius 2 is 1.89 bits per heavy atom. The summed E-state index contributed by atoms with van der Waals surface area (Å²) >= 11 is 0. The molecule has 1 aromatic heterocycles. The molecule has 6 heteroatoms. The fourth-order valence-corrected chi connectivity index (χ4v) is 5.32. The molecule has 6 nitrogen and oxygen atoms in total. The van der Waals surface area contributed by atoms with Crippen LogP contribution in [0.2, 0.25) is 0 Å². The Morgan fingerprint density at radius 3 is 2.66 bits per heavy atom. The SMILES string of the molecule is COc1ccc(CN2CCc3nc(N[C@H]4CCCC[C@H]4C)nc(Nc4cccc(C)c4)c3C2)cc1. The maximum atomic E-state index is 5.31. The van der Waals surface area contributed by atoms with Crippen LogP contribution >= 0.6 is 0 Å². The minimum absolute atomic E-state index is 0.448. The third kappa shape index (κ3) is 5.76. The van der Waals surface area contributed by atoms with E-state index in [1.54, 1.807) is 7.11 Å². The molecule has 2 heterocycles. The zero-order valence-corrected chi connectivity index (χ0v) is 21.2. The zero-order chi connectivity index (χ0) is 24.2. The average Bonchev–Trinajstić information content (AvgIpc) is 2.86. The lowest BCUT2D eigenvalue weighted by Crippen LogP contribution is -2.34. The van der Waals surface area contributed by atoms with Crippen LogP contribution in [-0.4, -0.2) is 34.6 Å². The number of aromatic nitrogens is 2. The van der Waals surface area contributed by atoms with E-state index >= 15 is 0 Å². The molecule has 0 spiro atoms. The van der Waals surface area contributed by atoms with E-state index in [2.05, 4.69) is 65.8 Å². The Bertz CT molecular complexity index is 1150. The molecule has 0 bridgehead atoms. The molecular formula is C29H37N5O. The number of benzene rings is 2. The van der Waals surface area contributed by atoms with Crippen molar-refractivity contribution in [3.63, 3.8) is 0 Å². The van der Waals surface area contributed by atoms with Gasteiger partial charge in [0.25, 0.3) is 0 Å². The first kappa shape index (κ1) is 23.6. The summed E-state index contributed by atoms with van der Waals surface area (Å²) in [4.78, 5) is 12.5. The molecule has 0 radical (unpaired) electrons. The normalized spacial score (nSPS) is 20.2. The van der Waals surface area contributed by atoms with Crippen LogP contribution < -0.4 is 15.4 Å². The molecule has 2 aromatic carbocycles. The number of methoxy groups -OCH3 is 1. The number of aryl methyl sites for hydroxylation is 1. The van der Waals surface area contributed by atoms with E-state index in [9.17, 15) is 0 Å². The molecule has 3 aromatic rings. The summed E-state index contributed by atoms with van der Waals surface area (Å²) in [6.07, 6.45) is 6.00. The van der Waals surface area contributed by atoms with Crippen molar-refractivity contribution < 1.29 is 4.74 Å². The molecular weight excluding hydrogens is 434 g/mol. The number of ether oxygens (including phenoxy) is 1.